The molecule has 9 heteroatoms. The summed E-state index contributed by atoms with van der Waals surface area (Å²) in [5.74, 6) is -0.563. The smallest absolute Gasteiger partial charge is 0.337 e. The van der Waals surface area contributed by atoms with Gasteiger partial charge in [-0.25, -0.2) is 4.79 Å². The van der Waals surface area contributed by atoms with Crippen molar-refractivity contribution in [2.45, 2.75) is 25.9 Å². The van der Waals surface area contributed by atoms with Gasteiger partial charge in [-0.3, -0.25) is 9.78 Å². The summed E-state index contributed by atoms with van der Waals surface area (Å²) in [6.45, 7) is 4.12. The molecule has 0 spiro atoms. The molecule has 198 valence electrons. The molecule has 0 unspecified atom stereocenters. The maximum Gasteiger partial charge on any atom is 0.337 e. The second-order valence-corrected chi connectivity index (χ2v) is 9.76. The first-order chi connectivity index (χ1) is 18.9. The predicted octanol–water partition coefficient (Wildman–Crippen LogP) is 4.89. The fourth-order valence-corrected chi connectivity index (χ4v) is 5.47. The highest BCUT2D eigenvalue weighted by Crippen LogP contribution is 2.41. The summed E-state index contributed by atoms with van der Waals surface area (Å²) in [6, 6.07) is 24.0. The van der Waals surface area contributed by atoms with E-state index in [-0.39, 0.29) is 24.5 Å². The molecule has 8 nitrogen and oxygen atoms in total. The normalized spacial score (nSPS) is 16.6. The molecule has 2 atom stereocenters. The van der Waals surface area contributed by atoms with Crippen LogP contribution in [0.1, 0.15) is 45.1 Å². The van der Waals surface area contributed by atoms with E-state index in [1.54, 1.807) is 12.3 Å². The van der Waals surface area contributed by atoms with E-state index in [1.165, 1.54) is 7.11 Å². The number of amides is 1. The van der Waals surface area contributed by atoms with Crippen molar-refractivity contribution >= 4 is 34.9 Å². The Balaban J connectivity index is 1.54. The van der Waals surface area contributed by atoms with Crippen LogP contribution in [0.2, 0.25) is 0 Å². The number of para-hydroxylation sites is 1. The van der Waals surface area contributed by atoms with Crippen molar-refractivity contribution < 1.29 is 14.3 Å². The van der Waals surface area contributed by atoms with Gasteiger partial charge in [0.1, 0.15) is 6.54 Å². The van der Waals surface area contributed by atoms with Crippen LogP contribution in [-0.2, 0) is 9.53 Å². The first-order valence-electron chi connectivity index (χ1n) is 12.6. The number of anilines is 1. The maximum atomic E-state index is 13.1. The Bertz CT molecular complexity index is 1520. The summed E-state index contributed by atoms with van der Waals surface area (Å²) in [5.41, 5.74) is 5.83. The van der Waals surface area contributed by atoms with Crippen LogP contribution in [0.3, 0.4) is 0 Å². The Morgan fingerprint density at radius 1 is 1.03 bits per heavy atom. The van der Waals surface area contributed by atoms with Crippen LogP contribution in [0.25, 0.3) is 5.69 Å². The second kappa shape index (κ2) is 11.1. The molecule has 0 bridgehead atoms. The zero-order chi connectivity index (χ0) is 27.5. The Labute approximate surface area is 232 Å². The van der Waals surface area contributed by atoms with E-state index in [1.807, 2.05) is 85.5 Å². The molecule has 2 N–H and O–H groups in total. The second-order valence-electron chi connectivity index (χ2n) is 9.37. The molecule has 0 radical (unpaired) electrons. The summed E-state index contributed by atoms with van der Waals surface area (Å²) in [6.07, 6.45) is 1.75. The van der Waals surface area contributed by atoms with Crippen LogP contribution in [-0.4, -0.2) is 45.1 Å². The fourth-order valence-electron chi connectivity index (χ4n) is 5.17. The molecule has 39 heavy (non-hydrogen) atoms. The van der Waals surface area contributed by atoms with Gasteiger partial charge in [-0.05, 0) is 80.2 Å². The average molecular weight is 540 g/mol. The van der Waals surface area contributed by atoms with Crippen LogP contribution >= 0.6 is 12.2 Å². The third-order valence-electron chi connectivity index (χ3n) is 6.88. The summed E-state index contributed by atoms with van der Waals surface area (Å²) in [7, 11) is 1.37. The molecule has 0 aliphatic carbocycles. The van der Waals surface area contributed by atoms with Crippen molar-refractivity contribution in [1.82, 2.24) is 19.8 Å². The number of benzene rings is 2. The van der Waals surface area contributed by atoms with Crippen molar-refractivity contribution in [2.24, 2.45) is 0 Å². The van der Waals surface area contributed by atoms with Gasteiger partial charge in [-0.2, -0.15) is 0 Å². The summed E-state index contributed by atoms with van der Waals surface area (Å²) >= 11 is 5.76. The molecule has 2 aromatic carbocycles. The van der Waals surface area contributed by atoms with Gasteiger partial charge >= 0.3 is 5.97 Å². The molecule has 1 fully saturated rings. The average Bonchev–Trinajstić information content (AvgIpc) is 3.43. The highest BCUT2D eigenvalue weighted by Gasteiger charge is 2.42. The number of esters is 1. The van der Waals surface area contributed by atoms with E-state index < -0.39 is 5.97 Å². The zero-order valence-electron chi connectivity index (χ0n) is 21.9. The van der Waals surface area contributed by atoms with Crippen molar-refractivity contribution in [2.75, 3.05) is 19.0 Å². The van der Waals surface area contributed by atoms with E-state index in [4.69, 9.17) is 17.0 Å². The van der Waals surface area contributed by atoms with E-state index in [0.29, 0.717) is 10.7 Å². The lowest BCUT2D eigenvalue weighted by atomic mass is 9.96. The number of aromatic nitrogens is 2. The Morgan fingerprint density at radius 3 is 2.51 bits per heavy atom. The first kappa shape index (κ1) is 26.1. The number of hydrogen-bond donors (Lipinski definition) is 2. The number of hydrogen-bond acceptors (Lipinski definition) is 5. The number of rotatable bonds is 7. The van der Waals surface area contributed by atoms with Gasteiger partial charge in [0.05, 0.1) is 30.5 Å². The summed E-state index contributed by atoms with van der Waals surface area (Å²) in [5, 5.41) is 6.86. The molecule has 3 heterocycles. The zero-order valence-corrected chi connectivity index (χ0v) is 22.7. The minimum atomic E-state index is -0.393. The van der Waals surface area contributed by atoms with Crippen LogP contribution < -0.4 is 10.6 Å². The largest absolute Gasteiger partial charge is 0.465 e. The molecule has 1 saturated heterocycles. The van der Waals surface area contributed by atoms with Crippen LogP contribution in [0.4, 0.5) is 5.69 Å². The number of pyridine rings is 1. The van der Waals surface area contributed by atoms with Gasteiger partial charge < -0.3 is 24.8 Å². The van der Waals surface area contributed by atoms with E-state index in [2.05, 4.69) is 26.3 Å². The molecule has 1 amide bonds. The fraction of sp³-hybridized carbons (Fsp3) is 0.200. The number of ether oxygens (including phenoxy) is 1. The number of nitrogens with one attached hydrogen (secondary N) is 2. The van der Waals surface area contributed by atoms with Crippen LogP contribution in [0.15, 0.2) is 85.1 Å². The van der Waals surface area contributed by atoms with E-state index >= 15 is 0 Å². The quantitative estimate of drug-likeness (QED) is 0.255. The Morgan fingerprint density at radius 2 is 1.79 bits per heavy atom. The number of methoxy groups -OCH3 is 1. The van der Waals surface area contributed by atoms with Gasteiger partial charge in [0.25, 0.3) is 0 Å². The van der Waals surface area contributed by atoms with Crippen molar-refractivity contribution in [1.29, 1.82) is 0 Å². The van der Waals surface area contributed by atoms with Gasteiger partial charge in [-0.1, -0.05) is 30.3 Å². The molecule has 1 aliphatic rings. The highest BCUT2D eigenvalue weighted by molar-refractivity contribution is 7.80. The monoisotopic (exact) mass is 539 g/mol. The Kier molecular flexibility index (Phi) is 7.42. The van der Waals surface area contributed by atoms with Crippen molar-refractivity contribution in [3.63, 3.8) is 0 Å². The molecule has 5 rings (SSSR count). The van der Waals surface area contributed by atoms with Crippen LogP contribution in [0, 0.1) is 13.8 Å². The van der Waals surface area contributed by atoms with E-state index in [9.17, 15) is 9.59 Å². The standard InChI is InChI=1S/C30H29N5O3S/c1-19-16-24(20(2)35(19)23-13-9-10-21(17-23)29(37)38-3)28-27(25-14-7-8-15-31-25)33-30(39)34(28)18-26(36)32-22-11-5-4-6-12-22/h4-17,27-28H,18H2,1-3H3,(H,32,36)(H,33,39)/t27-,28+/m1/s1. The van der Waals surface area contributed by atoms with Gasteiger partial charge in [-0.15, -0.1) is 0 Å². The third-order valence-corrected chi connectivity index (χ3v) is 7.24. The predicted molar refractivity (Wildman–Crippen MR) is 154 cm³/mol. The lowest BCUT2D eigenvalue weighted by Crippen LogP contribution is -2.37. The molecule has 2 aromatic heterocycles. The number of thiocarbonyl (C=S) groups is 1. The summed E-state index contributed by atoms with van der Waals surface area (Å²) in [4.78, 5) is 31.8. The van der Waals surface area contributed by atoms with E-state index in [0.717, 1.165) is 34.0 Å². The Hall–Kier alpha value is -4.50. The minimum Gasteiger partial charge on any atom is -0.465 e. The highest BCUT2D eigenvalue weighted by atomic mass is 32.1. The minimum absolute atomic E-state index is 0.0657. The lowest BCUT2D eigenvalue weighted by molar-refractivity contribution is -0.116. The van der Waals surface area contributed by atoms with Gasteiger partial charge in [0, 0.05) is 29.0 Å². The number of carbonyl (C=O) groups is 2. The van der Waals surface area contributed by atoms with Gasteiger partial charge in [0.15, 0.2) is 5.11 Å². The molecular formula is C30H29N5O3S. The van der Waals surface area contributed by atoms with Gasteiger partial charge in [0.2, 0.25) is 5.91 Å². The topological polar surface area (TPSA) is 88.5 Å². The molecular weight excluding hydrogens is 510 g/mol. The first-order valence-corrected chi connectivity index (χ1v) is 13.0. The lowest BCUT2D eigenvalue weighted by Gasteiger charge is -2.27. The number of aryl methyl sites for hydroxylation is 1. The summed E-state index contributed by atoms with van der Waals surface area (Å²) < 4.78 is 7.02. The van der Waals surface area contributed by atoms with Crippen molar-refractivity contribution in [3.05, 3.63) is 113 Å². The number of carbonyl (C=O) groups excluding carboxylic acids is 2. The number of nitrogens with zero attached hydrogens (tertiary/aromatic N) is 3. The third kappa shape index (κ3) is 5.26. The molecule has 1 aliphatic heterocycles. The molecule has 4 aromatic rings. The molecule has 0 saturated carbocycles. The maximum absolute atomic E-state index is 13.1. The van der Waals surface area contributed by atoms with Crippen molar-refractivity contribution in [3.8, 4) is 5.69 Å². The van der Waals surface area contributed by atoms with Crippen LogP contribution in [0.5, 0.6) is 0 Å². The SMILES string of the molecule is COC(=O)c1cccc(-n2c(C)cc([C@H]3[C@@H](c4ccccn4)NC(=S)N3CC(=O)Nc3ccccc3)c2C)c1.